The van der Waals surface area contributed by atoms with Gasteiger partial charge in [-0.05, 0) is 26.0 Å². The number of H-pyrrole nitrogens is 1. The Labute approximate surface area is 115 Å². The lowest BCUT2D eigenvalue weighted by Crippen LogP contribution is -2.21. The molecule has 2 heterocycles. The summed E-state index contributed by atoms with van der Waals surface area (Å²) in [6, 6.07) is 8.05. The van der Waals surface area contributed by atoms with Crippen LogP contribution in [0.25, 0.3) is 5.65 Å². The van der Waals surface area contributed by atoms with Crippen LogP contribution >= 0.6 is 0 Å². The molecule has 0 fully saturated rings. The monoisotopic (exact) mass is 269 g/mol. The highest BCUT2D eigenvalue weighted by molar-refractivity contribution is 5.50. The first-order chi connectivity index (χ1) is 9.65. The number of rotatable bonds is 3. The fraction of sp³-hybridized carbons (Fsp3) is 0.214. The van der Waals surface area contributed by atoms with Gasteiger partial charge in [0, 0.05) is 23.4 Å². The van der Waals surface area contributed by atoms with Crippen molar-refractivity contribution in [3.63, 3.8) is 0 Å². The van der Waals surface area contributed by atoms with Crippen LogP contribution in [0, 0.1) is 13.8 Å². The standard InChI is InChI=1S/C14H15N5O/c1-9-3-5-11(6-4-9)15-7-12-10(2)13-17-16-8-19(13)18-14(12)20/h3-6,8,15H,7H2,1-2H3,(H,18,20). The van der Waals surface area contributed by atoms with Gasteiger partial charge in [0.25, 0.3) is 5.56 Å². The van der Waals surface area contributed by atoms with Crippen molar-refractivity contribution in [2.45, 2.75) is 20.4 Å². The maximum Gasteiger partial charge on any atom is 0.268 e. The quantitative estimate of drug-likeness (QED) is 0.758. The van der Waals surface area contributed by atoms with Crippen molar-refractivity contribution >= 4 is 11.3 Å². The van der Waals surface area contributed by atoms with E-state index in [0.717, 1.165) is 11.3 Å². The van der Waals surface area contributed by atoms with Gasteiger partial charge in [0.15, 0.2) is 5.65 Å². The molecular weight excluding hydrogens is 254 g/mol. The Balaban J connectivity index is 1.90. The SMILES string of the molecule is Cc1ccc(NCc2c(C)c3nncn3[nH]c2=O)cc1. The average Bonchev–Trinajstić information content (AvgIpc) is 2.89. The maximum atomic E-state index is 12.1. The molecule has 0 aliphatic rings. The summed E-state index contributed by atoms with van der Waals surface area (Å²) in [7, 11) is 0. The Morgan fingerprint density at radius 3 is 2.75 bits per heavy atom. The molecule has 102 valence electrons. The molecule has 0 unspecified atom stereocenters. The van der Waals surface area contributed by atoms with Gasteiger partial charge < -0.3 is 5.32 Å². The van der Waals surface area contributed by atoms with Crippen LogP contribution in [0.15, 0.2) is 35.4 Å². The van der Waals surface area contributed by atoms with Crippen molar-refractivity contribution in [2.24, 2.45) is 0 Å². The van der Waals surface area contributed by atoms with Crippen LogP contribution in [0.2, 0.25) is 0 Å². The molecule has 0 spiro atoms. The Morgan fingerprint density at radius 2 is 2.00 bits per heavy atom. The largest absolute Gasteiger partial charge is 0.381 e. The van der Waals surface area contributed by atoms with Crippen LogP contribution in [0.4, 0.5) is 5.69 Å². The third-order valence-corrected chi connectivity index (χ3v) is 3.35. The predicted octanol–water partition coefficient (Wildman–Crippen LogP) is 1.65. The molecule has 20 heavy (non-hydrogen) atoms. The van der Waals surface area contributed by atoms with Crippen LogP contribution in [0.5, 0.6) is 0 Å². The zero-order valence-electron chi connectivity index (χ0n) is 11.3. The lowest BCUT2D eigenvalue weighted by Gasteiger charge is -2.09. The Kier molecular flexibility index (Phi) is 2.98. The smallest absolute Gasteiger partial charge is 0.268 e. The number of benzene rings is 1. The fourth-order valence-corrected chi connectivity index (χ4v) is 2.13. The number of aromatic amines is 1. The van der Waals surface area contributed by atoms with Crippen molar-refractivity contribution in [1.29, 1.82) is 0 Å². The molecule has 0 bridgehead atoms. The van der Waals surface area contributed by atoms with E-state index in [1.165, 1.54) is 16.4 Å². The van der Waals surface area contributed by atoms with E-state index < -0.39 is 0 Å². The molecule has 1 aromatic carbocycles. The van der Waals surface area contributed by atoms with E-state index in [1.807, 2.05) is 38.1 Å². The van der Waals surface area contributed by atoms with Crippen LogP contribution in [0.1, 0.15) is 16.7 Å². The zero-order valence-corrected chi connectivity index (χ0v) is 11.3. The summed E-state index contributed by atoms with van der Waals surface area (Å²) in [6.45, 7) is 4.37. The number of fused-ring (bicyclic) bond motifs is 1. The minimum atomic E-state index is -0.130. The van der Waals surface area contributed by atoms with Gasteiger partial charge in [-0.3, -0.25) is 9.89 Å². The second kappa shape index (κ2) is 4.80. The summed E-state index contributed by atoms with van der Waals surface area (Å²) >= 11 is 0. The highest BCUT2D eigenvalue weighted by Crippen LogP contribution is 2.12. The maximum absolute atomic E-state index is 12.1. The van der Waals surface area contributed by atoms with Gasteiger partial charge in [-0.2, -0.15) is 0 Å². The summed E-state index contributed by atoms with van der Waals surface area (Å²) in [5.74, 6) is 0. The zero-order chi connectivity index (χ0) is 14.1. The summed E-state index contributed by atoms with van der Waals surface area (Å²) in [4.78, 5) is 12.1. The number of hydrogen-bond acceptors (Lipinski definition) is 4. The molecule has 6 heteroatoms. The van der Waals surface area contributed by atoms with Crippen molar-refractivity contribution in [2.75, 3.05) is 5.32 Å². The first-order valence-electron chi connectivity index (χ1n) is 6.37. The molecule has 0 amide bonds. The number of aromatic nitrogens is 4. The van der Waals surface area contributed by atoms with Gasteiger partial charge in [0.05, 0.1) is 0 Å². The summed E-state index contributed by atoms with van der Waals surface area (Å²) in [6.07, 6.45) is 1.49. The Morgan fingerprint density at radius 1 is 1.25 bits per heavy atom. The minimum Gasteiger partial charge on any atom is -0.381 e. The number of anilines is 1. The van der Waals surface area contributed by atoms with E-state index in [-0.39, 0.29) is 5.56 Å². The predicted molar refractivity (Wildman–Crippen MR) is 76.9 cm³/mol. The topological polar surface area (TPSA) is 75.1 Å². The first kappa shape index (κ1) is 12.4. The molecule has 2 N–H and O–H groups in total. The van der Waals surface area contributed by atoms with Gasteiger partial charge in [0.1, 0.15) is 6.33 Å². The number of hydrogen-bond donors (Lipinski definition) is 2. The lowest BCUT2D eigenvalue weighted by atomic mass is 10.1. The summed E-state index contributed by atoms with van der Waals surface area (Å²) in [5, 5.41) is 13.8. The normalized spacial score (nSPS) is 10.9. The van der Waals surface area contributed by atoms with Gasteiger partial charge in [-0.15, -0.1) is 10.2 Å². The second-order valence-electron chi connectivity index (χ2n) is 4.79. The molecule has 3 rings (SSSR count). The molecular formula is C14H15N5O. The van der Waals surface area contributed by atoms with Crippen molar-refractivity contribution in [3.8, 4) is 0 Å². The summed E-state index contributed by atoms with van der Waals surface area (Å²) in [5.41, 5.74) is 4.24. The molecule has 3 aromatic rings. The molecule has 6 nitrogen and oxygen atoms in total. The Hall–Kier alpha value is -2.63. The van der Waals surface area contributed by atoms with Crippen molar-refractivity contribution in [3.05, 3.63) is 57.6 Å². The molecule has 2 aromatic heterocycles. The number of nitrogens with zero attached hydrogens (tertiary/aromatic N) is 3. The third kappa shape index (κ3) is 2.16. The van der Waals surface area contributed by atoms with Crippen molar-refractivity contribution in [1.82, 2.24) is 19.8 Å². The average molecular weight is 269 g/mol. The highest BCUT2D eigenvalue weighted by Gasteiger charge is 2.10. The van der Waals surface area contributed by atoms with E-state index in [9.17, 15) is 4.79 Å². The molecule has 0 aliphatic heterocycles. The molecule has 0 saturated heterocycles. The molecule has 0 aliphatic carbocycles. The van der Waals surface area contributed by atoms with E-state index >= 15 is 0 Å². The third-order valence-electron chi connectivity index (χ3n) is 3.35. The lowest BCUT2D eigenvalue weighted by molar-refractivity contribution is 0.864. The van der Waals surface area contributed by atoms with Gasteiger partial charge in [0.2, 0.25) is 0 Å². The highest BCUT2D eigenvalue weighted by atomic mass is 16.1. The number of nitrogens with one attached hydrogen (secondary N) is 2. The van der Waals surface area contributed by atoms with Gasteiger partial charge in [-0.25, -0.2) is 4.52 Å². The van der Waals surface area contributed by atoms with Crippen LogP contribution in [0.3, 0.4) is 0 Å². The molecule has 0 saturated carbocycles. The fourth-order valence-electron chi connectivity index (χ4n) is 2.13. The Bertz CT molecular complexity index is 801. The first-order valence-corrected chi connectivity index (χ1v) is 6.37. The molecule has 0 atom stereocenters. The van der Waals surface area contributed by atoms with Crippen LogP contribution in [-0.4, -0.2) is 19.8 Å². The second-order valence-corrected chi connectivity index (χ2v) is 4.79. The van der Waals surface area contributed by atoms with E-state index in [0.29, 0.717) is 17.8 Å². The van der Waals surface area contributed by atoms with Gasteiger partial charge in [-0.1, -0.05) is 17.7 Å². The van der Waals surface area contributed by atoms with Gasteiger partial charge >= 0.3 is 0 Å². The van der Waals surface area contributed by atoms with E-state index in [1.54, 1.807) is 0 Å². The van der Waals surface area contributed by atoms with Crippen LogP contribution < -0.4 is 10.9 Å². The van der Waals surface area contributed by atoms with E-state index in [2.05, 4.69) is 20.6 Å². The molecule has 0 radical (unpaired) electrons. The number of aryl methyl sites for hydroxylation is 2. The van der Waals surface area contributed by atoms with Crippen molar-refractivity contribution < 1.29 is 0 Å². The minimum absolute atomic E-state index is 0.130. The van der Waals surface area contributed by atoms with Crippen LogP contribution in [-0.2, 0) is 6.54 Å². The summed E-state index contributed by atoms with van der Waals surface area (Å²) < 4.78 is 1.53. The van der Waals surface area contributed by atoms with E-state index in [4.69, 9.17) is 0 Å².